The van der Waals surface area contributed by atoms with Gasteiger partial charge in [-0.05, 0) is 39.7 Å². The second-order valence-corrected chi connectivity index (χ2v) is 8.19. The number of benzene rings is 1. The Morgan fingerprint density at radius 3 is 2.21 bits per heavy atom. The Morgan fingerprint density at radius 2 is 1.62 bits per heavy atom. The Balaban J connectivity index is 1.77. The molecule has 0 aliphatic carbocycles. The Morgan fingerprint density at radius 1 is 0.958 bits per heavy atom. The summed E-state index contributed by atoms with van der Waals surface area (Å²) in [5.41, 5.74) is 3.96. The third-order valence-electron chi connectivity index (χ3n) is 5.84. The van der Waals surface area contributed by atoms with E-state index in [0.717, 1.165) is 21.8 Å². The Labute approximate surface area is 153 Å². The fourth-order valence-electron chi connectivity index (χ4n) is 4.82. The molecule has 0 N–H and O–H groups in total. The summed E-state index contributed by atoms with van der Waals surface area (Å²) in [5, 5.41) is 0. The zero-order valence-electron chi connectivity index (χ0n) is 14.0. The third-order valence-corrected chi connectivity index (χ3v) is 6.30. The van der Waals surface area contributed by atoms with Crippen LogP contribution in [0.15, 0.2) is 53.1 Å². The molecule has 1 nitrogen and oxygen atoms in total. The summed E-state index contributed by atoms with van der Waals surface area (Å²) in [4.78, 5) is 4.61. The molecule has 1 aromatic carbocycles. The average molecular weight is 380 g/mol. The highest BCUT2D eigenvalue weighted by Crippen LogP contribution is 2.50. The van der Waals surface area contributed by atoms with Gasteiger partial charge in [-0.15, -0.1) is 0 Å². The normalized spacial score (nSPS) is 24.0. The lowest BCUT2D eigenvalue weighted by Gasteiger charge is -2.42. The van der Waals surface area contributed by atoms with E-state index in [1.165, 1.54) is 49.6 Å². The molecule has 24 heavy (non-hydrogen) atoms. The van der Waals surface area contributed by atoms with Crippen LogP contribution in [0.5, 0.6) is 0 Å². The van der Waals surface area contributed by atoms with E-state index in [0.29, 0.717) is 6.71 Å². The molecule has 0 saturated carbocycles. The lowest BCUT2D eigenvalue weighted by molar-refractivity contribution is 0.448. The maximum absolute atomic E-state index is 4.61. The quantitative estimate of drug-likeness (QED) is 0.552. The Kier molecular flexibility index (Phi) is 4.89. The van der Waals surface area contributed by atoms with Gasteiger partial charge >= 0.3 is 0 Å². The molecule has 0 radical (unpaired) electrons. The largest absolute Gasteiger partial charge is 0.256 e. The second-order valence-electron chi connectivity index (χ2n) is 7.27. The molecular weight excluding hydrogens is 357 g/mol. The smallest absolute Gasteiger partial charge is 0.183 e. The van der Waals surface area contributed by atoms with Crippen molar-refractivity contribution < 1.29 is 0 Å². The number of aromatic nitrogens is 1. The van der Waals surface area contributed by atoms with Crippen molar-refractivity contribution in [2.24, 2.45) is 0 Å². The molecule has 2 aromatic rings. The van der Waals surface area contributed by atoms with E-state index in [4.69, 9.17) is 0 Å². The highest BCUT2D eigenvalue weighted by molar-refractivity contribution is 9.10. The fourth-order valence-corrected chi connectivity index (χ4v) is 5.05. The zero-order chi connectivity index (χ0) is 16.4. The highest BCUT2D eigenvalue weighted by atomic mass is 79.9. The van der Waals surface area contributed by atoms with Gasteiger partial charge in [0, 0.05) is 10.7 Å². The van der Waals surface area contributed by atoms with Gasteiger partial charge in [-0.3, -0.25) is 4.98 Å². The number of hydrogen-bond donors (Lipinski definition) is 0. The molecule has 2 saturated heterocycles. The first kappa shape index (κ1) is 16.1. The molecule has 2 aliphatic heterocycles. The van der Waals surface area contributed by atoms with Crippen LogP contribution in [0.25, 0.3) is 11.5 Å². The van der Waals surface area contributed by atoms with Crippen molar-refractivity contribution in [2.75, 3.05) is 0 Å². The SMILES string of the molecule is Brc1ccc(/C=C(\B2C3CCCC2CCC3)c2ccccc2)nc1. The summed E-state index contributed by atoms with van der Waals surface area (Å²) in [5.74, 6) is 1.72. The van der Waals surface area contributed by atoms with Gasteiger partial charge < -0.3 is 0 Å². The minimum atomic E-state index is 0.709. The van der Waals surface area contributed by atoms with E-state index in [-0.39, 0.29) is 0 Å². The van der Waals surface area contributed by atoms with E-state index >= 15 is 0 Å². The van der Waals surface area contributed by atoms with Gasteiger partial charge in [-0.1, -0.05) is 86.0 Å². The Hall–Kier alpha value is -1.35. The summed E-state index contributed by atoms with van der Waals surface area (Å²) in [7, 11) is 0. The predicted molar refractivity (Wildman–Crippen MR) is 107 cm³/mol. The van der Waals surface area contributed by atoms with E-state index < -0.39 is 0 Å². The molecule has 0 spiro atoms. The monoisotopic (exact) mass is 379 g/mol. The van der Waals surface area contributed by atoms with Gasteiger partial charge in [0.25, 0.3) is 0 Å². The van der Waals surface area contributed by atoms with E-state index in [9.17, 15) is 0 Å². The van der Waals surface area contributed by atoms with Crippen LogP contribution in [0.1, 0.15) is 49.8 Å². The predicted octanol–water partition coefficient (Wildman–Crippen LogP) is 6.53. The van der Waals surface area contributed by atoms with E-state index in [1.807, 2.05) is 6.20 Å². The molecule has 0 atom stereocenters. The van der Waals surface area contributed by atoms with Crippen molar-refractivity contribution >= 4 is 34.2 Å². The summed E-state index contributed by atoms with van der Waals surface area (Å²) >= 11 is 3.49. The van der Waals surface area contributed by atoms with Crippen LogP contribution < -0.4 is 0 Å². The van der Waals surface area contributed by atoms with E-state index in [1.54, 1.807) is 0 Å². The maximum Gasteiger partial charge on any atom is 0.183 e. The van der Waals surface area contributed by atoms with Crippen LogP contribution in [0.3, 0.4) is 0 Å². The molecule has 0 unspecified atom stereocenters. The number of rotatable bonds is 3. The zero-order valence-corrected chi connectivity index (χ0v) is 15.6. The molecule has 0 amide bonds. The molecular formula is C21H23BBrN. The first-order valence-electron chi connectivity index (χ1n) is 9.20. The van der Waals surface area contributed by atoms with Crippen molar-refractivity contribution in [2.45, 2.75) is 50.2 Å². The lowest BCUT2D eigenvalue weighted by atomic mass is 9.23. The number of halogens is 1. The minimum Gasteiger partial charge on any atom is -0.256 e. The van der Waals surface area contributed by atoms with Crippen LogP contribution in [-0.2, 0) is 0 Å². The maximum atomic E-state index is 4.61. The molecule has 2 bridgehead atoms. The highest BCUT2D eigenvalue weighted by Gasteiger charge is 2.41. The summed E-state index contributed by atoms with van der Waals surface area (Å²) in [6.07, 6.45) is 12.7. The van der Waals surface area contributed by atoms with Crippen molar-refractivity contribution in [1.29, 1.82) is 0 Å². The molecule has 1 aromatic heterocycles. The first-order valence-corrected chi connectivity index (χ1v) is 9.99. The van der Waals surface area contributed by atoms with Gasteiger partial charge in [0.15, 0.2) is 6.71 Å². The van der Waals surface area contributed by atoms with Crippen LogP contribution in [0.2, 0.25) is 11.6 Å². The Bertz CT molecular complexity index is 688. The number of hydrogen-bond acceptors (Lipinski definition) is 1. The molecule has 2 aliphatic rings. The van der Waals surface area contributed by atoms with Crippen LogP contribution in [0.4, 0.5) is 0 Å². The van der Waals surface area contributed by atoms with Crippen LogP contribution >= 0.6 is 15.9 Å². The third kappa shape index (κ3) is 3.37. The second kappa shape index (κ2) is 7.27. The molecule has 4 rings (SSSR count). The van der Waals surface area contributed by atoms with Gasteiger partial charge in [0.05, 0.1) is 5.69 Å². The number of fused-ring (bicyclic) bond motifs is 2. The molecule has 3 heterocycles. The van der Waals surface area contributed by atoms with Gasteiger partial charge in [0.1, 0.15) is 0 Å². The topological polar surface area (TPSA) is 12.9 Å². The van der Waals surface area contributed by atoms with Crippen molar-refractivity contribution in [1.82, 2.24) is 4.98 Å². The van der Waals surface area contributed by atoms with Crippen molar-refractivity contribution in [3.63, 3.8) is 0 Å². The first-order chi connectivity index (χ1) is 11.8. The summed E-state index contributed by atoms with van der Waals surface area (Å²) < 4.78 is 1.04. The summed E-state index contributed by atoms with van der Waals surface area (Å²) in [6, 6.07) is 15.2. The van der Waals surface area contributed by atoms with Gasteiger partial charge in [-0.25, -0.2) is 0 Å². The molecule has 3 heteroatoms. The van der Waals surface area contributed by atoms with Crippen LogP contribution in [0, 0.1) is 0 Å². The van der Waals surface area contributed by atoms with Gasteiger partial charge in [-0.2, -0.15) is 0 Å². The molecule has 122 valence electrons. The summed E-state index contributed by atoms with van der Waals surface area (Å²) in [6.45, 7) is 0.709. The van der Waals surface area contributed by atoms with Crippen LogP contribution in [-0.4, -0.2) is 11.7 Å². The van der Waals surface area contributed by atoms with Crippen molar-refractivity contribution in [3.05, 3.63) is 64.4 Å². The number of nitrogens with zero attached hydrogens (tertiary/aromatic N) is 1. The van der Waals surface area contributed by atoms with Gasteiger partial charge in [0.2, 0.25) is 0 Å². The fraction of sp³-hybridized carbons (Fsp3) is 0.381. The van der Waals surface area contributed by atoms with E-state index in [2.05, 4.69) is 69.5 Å². The number of pyridine rings is 1. The molecule has 2 fully saturated rings. The minimum absolute atomic E-state index is 0.709. The van der Waals surface area contributed by atoms with Crippen molar-refractivity contribution in [3.8, 4) is 0 Å². The average Bonchev–Trinajstić information content (AvgIpc) is 2.61. The lowest BCUT2D eigenvalue weighted by Crippen LogP contribution is -2.35. The standard InChI is InChI=1S/C21H23BBrN/c23-19-12-13-20(24-15-19)14-21(16-6-2-1-3-7-16)22-17-8-4-9-18(22)11-5-10-17/h1-3,6-7,12-15,17-18H,4-5,8-11H2/b21-14-.